The van der Waals surface area contributed by atoms with Crippen molar-refractivity contribution in [3.05, 3.63) is 47.7 Å². The molecule has 25 heavy (non-hydrogen) atoms. The summed E-state index contributed by atoms with van der Waals surface area (Å²) < 4.78 is 6.80. The Morgan fingerprint density at radius 1 is 1.32 bits per heavy atom. The number of nitrogens with one attached hydrogen (secondary N) is 1. The maximum Gasteiger partial charge on any atom is 0.269 e. The molecular weight excluding hydrogens is 320 g/mol. The average molecular weight is 340 g/mol. The lowest BCUT2D eigenvalue weighted by atomic mass is 10.2. The molecule has 3 aromatic rings. The quantitative estimate of drug-likeness (QED) is 0.704. The van der Waals surface area contributed by atoms with E-state index in [1.807, 2.05) is 24.3 Å². The van der Waals surface area contributed by atoms with Gasteiger partial charge in [-0.15, -0.1) is 0 Å². The SMILES string of the molecule is CCCc1cc(C(=O)NCCc2nc(-c3ccccn3)no2)n(C)n1. The van der Waals surface area contributed by atoms with Gasteiger partial charge in [-0.2, -0.15) is 10.1 Å². The molecule has 8 nitrogen and oxygen atoms in total. The van der Waals surface area contributed by atoms with Gasteiger partial charge < -0.3 is 9.84 Å². The summed E-state index contributed by atoms with van der Waals surface area (Å²) in [7, 11) is 1.77. The molecular formula is C17H20N6O2. The molecule has 1 amide bonds. The van der Waals surface area contributed by atoms with Crippen LogP contribution >= 0.6 is 0 Å². The number of carbonyl (C=O) groups excluding carboxylic acids is 1. The van der Waals surface area contributed by atoms with Gasteiger partial charge in [-0.3, -0.25) is 14.5 Å². The number of hydrogen-bond donors (Lipinski definition) is 1. The Balaban J connectivity index is 1.54. The van der Waals surface area contributed by atoms with Gasteiger partial charge in [-0.1, -0.05) is 24.6 Å². The molecule has 0 spiro atoms. The van der Waals surface area contributed by atoms with Gasteiger partial charge in [-0.25, -0.2) is 0 Å². The molecule has 0 bridgehead atoms. The highest BCUT2D eigenvalue weighted by Crippen LogP contribution is 2.12. The van der Waals surface area contributed by atoms with Gasteiger partial charge in [0.2, 0.25) is 11.7 Å². The highest BCUT2D eigenvalue weighted by molar-refractivity contribution is 5.92. The Kier molecular flexibility index (Phi) is 5.17. The van der Waals surface area contributed by atoms with Crippen molar-refractivity contribution in [2.75, 3.05) is 6.54 Å². The summed E-state index contributed by atoms with van der Waals surface area (Å²) in [6.07, 6.45) is 3.98. The standard InChI is InChI=1S/C17H20N6O2/c1-3-6-12-11-14(23(2)21-12)17(24)19-10-8-15-20-16(22-25-15)13-7-4-5-9-18-13/h4-5,7,9,11H,3,6,8,10H2,1-2H3,(H,19,24). The zero-order valence-corrected chi connectivity index (χ0v) is 14.3. The highest BCUT2D eigenvalue weighted by Gasteiger charge is 2.14. The van der Waals surface area contributed by atoms with E-state index < -0.39 is 0 Å². The summed E-state index contributed by atoms with van der Waals surface area (Å²) >= 11 is 0. The van der Waals surface area contributed by atoms with E-state index in [0.29, 0.717) is 36.1 Å². The van der Waals surface area contributed by atoms with E-state index in [1.165, 1.54) is 0 Å². The van der Waals surface area contributed by atoms with Crippen LogP contribution in [0.4, 0.5) is 0 Å². The summed E-state index contributed by atoms with van der Waals surface area (Å²) in [5.41, 5.74) is 2.12. The van der Waals surface area contributed by atoms with E-state index in [0.717, 1.165) is 18.5 Å². The van der Waals surface area contributed by atoms with Crippen molar-refractivity contribution in [2.24, 2.45) is 7.05 Å². The van der Waals surface area contributed by atoms with E-state index >= 15 is 0 Å². The first-order valence-corrected chi connectivity index (χ1v) is 8.22. The molecule has 8 heteroatoms. The highest BCUT2D eigenvalue weighted by atomic mass is 16.5. The monoisotopic (exact) mass is 340 g/mol. The van der Waals surface area contributed by atoms with E-state index in [2.05, 4.69) is 32.5 Å². The maximum atomic E-state index is 12.3. The van der Waals surface area contributed by atoms with Crippen LogP contribution < -0.4 is 5.32 Å². The smallest absolute Gasteiger partial charge is 0.269 e. The van der Waals surface area contributed by atoms with Crippen molar-refractivity contribution in [2.45, 2.75) is 26.2 Å². The number of hydrogen-bond acceptors (Lipinski definition) is 6. The molecule has 0 unspecified atom stereocenters. The fourth-order valence-corrected chi connectivity index (χ4v) is 2.45. The number of rotatable bonds is 7. The second-order valence-corrected chi connectivity index (χ2v) is 5.63. The number of aromatic nitrogens is 5. The first-order chi connectivity index (χ1) is 12.2. The molecule has 0 aliphatic rings. The third-order valence-electron chi connectivity index (χ3n) is 3.66. The minimum atomic E-state index is -0.165. The van der Waals surface area contributed by atoms with Crippen molar-refractivity contribution >= 4 is 5.91 Å². The van der Waals surface area contributed by atoms with Crippen molar-refractivity contribution in [3.8, 4) is 11.5 Å². The Hall–Kier alpha value is -3.03. The summed E-state index contributed by atoms with van der Waals surface area (Å²) in [6, 6.07) is 7.32. The molecule has 0 saturated carbocycles. The fourth-order valence-electron chi connectivity index (χ4n) is 2.45. The van der Waals surface area contributed by atoms with Crippen LogP contribution in [0.15, 0.2) is 35.0 Å². The predicted octanol–water partition coefficient (Wildman–Crippen LogP) is 1.79. The van der Waals surface area contributed by atoms with Gasteiger partial charge in [0.05, 0.1) is 5.69 Å². The molecule has 130 valence electrons. The number of carbonyl (C=O) groups is 1. The summed E-state index contributed by atoms with van der Waals surface area (Å²) in [5.74, 6) is 0.734. The molecule has 3 heterocycles. The molecule has 0 aliphatic carbocycles. The molecule has 0 radical (unpaired) electrons. The molecule has 0 aromatic carbocycles. The lowest BCUT2D eigenvalue weighted by Crippen LogP contribution is -2.27. The van der Waals surface area contributed by atoms with Crippen LogP contribution in [0.25, 0.3) is 11.5 Å². The lowest BCUT2D eigenvalue weighted by molar-refractivity contribution is 0.0944. The summed E-state index contributed by atoms with van der Waals surface area (Å²) in [6.45, 7) is 2.48. The van der Waals surface area contributed by atoms with Crippen molar-refractivity contribution in [3.63, 3.8) is 0 Å². The third kappa shape index (κ3) is 4.09. The Morgan fingerprint density at radius 2 is 2.20 bits per heavy atom. The van der Waals surface area contributed by atoms with Crippen LogP contribution in [0.2, 0.25) is 0 Å². The van der Waals surface area contributed by atoms with E-state index in [4.69, 9.17) is 4.52 Å². The maximum absolute atomic E-state index is 12.3. The minimum absolute atomic E-state index is 0.165. The topological polar surface area (TPSA) is 98.7 Å². The molecule has 0 saturated heterocycles. The first-order valence-electron chi connectivity index (χ1n) is 8.22. The molecule has 3 rings (SSSR count). The summed E-state index contributed by atoms with van der Waals surface area (Å²) in [5, 5.41) is 11.1. The summed E-state index contributed by atoms with van der Waals surface area (Å²) in [4.78, 5) is 20.7. The van der Waals surface area contributed by atoms with Gasteiger partial charge >= 0.3 is 0 Å². The molecule has 3 aromatic heterocycles. The van der Waals surface area contributed by atoms with Crippen LogP contribution in [-0.4, -0.2) is 37.4 Å². The number of amides is 1. The predicted molar refractivity (Wildman–Crippen MR) is 90.8 cm³/mol. The van der Waals surface area contributed by atoms with Gasteiger partial charge in [0.15, 0.2) is 0 Å². The zero-order chi connectivity index (χ0) is 17.6. The molecule has 0 fully saturated rings. The van der Waals surface area contributed by atoms with Crippen LogP contribution in [0.1, 0.15) is 35.4 Å². The minimum Gasteiger partial charge on any atom is -0.350 e. The van der Waals surface area contributed by atoms with Gasteiger partial charge in [0.25, 0.3) is 5.91 Å². The van der Waals surface area contributed by atoms with Crippen molar-refractivity contribution < 1.29 is 9.32 Å². The lowest BCUT2D eigenvalue weighted by Gasteiger charge is -2.03. The van der Waals surface area contributed by atoms with Crippen molar-refractivity contribution in [1.29, 1.82) is 0 Å². The Bertz CT molecular complexity index is 840. The Labute approximate surface area is 145 Å². The number of nitrogens with zero attached hydrogens (tertiary/aromatic N) is 5. The second-order valence-electron chi connectivity index (χ2n) is 5.63. The molecule has 0 atom stereocenters. The average Bonchev–Trinajstić information content (AvgIpc) is 3.23. The largest absolute Gasteiger partial charge is 0.350 e. The van der Waals surface area contributed by atoms with Crippen LogP contribution in [0.3, 0.4) is 0 Å². The van der Waals surface area contributed by atoms with Gasteiger partial charge in [0, 0.05) is 26.2 Å². The normalized spacial score (nSPS) is 10.8. The van der Waals surface area contributed by atoms with Gasteiger partial charge in [0.1, 0.15) is 11.4 Å². The van der Waals surface area contributed by atoms with E-state index in [-0.39, 0.29) is 5.91 Å². The first kappa shape index (κ1) is 16.8. The number of aryl methyl sites for hydroxylation is 2. The molecule has 0 aliphatic heterocycles. The molecule has 1 N–H and O–H groups in total. The fraction of sp³-hybridized carbons (Fsp3) is 0.353. The van der Waals surface area contributed by atoms with E-state index in [1.54, 1.807) is 17.9 Å². The van der Waals surface area contributed by atoms with Gasteiger partial charge in [-0.05, 0) is 24.6 Å². The van der Waals surface area contributed by atoms with Crippen LogP contribution in [0.5, 0.6) is 0 Å². The third-order valence-corrected chi connectivity index (χ3v) is 3.66. The van der Waals surface area contributed by atoms with Crippen molar-refractivity contribution in [1.82, 2.24) is 30.2 Å². The van der Waals surface area contributed by atoms with Crippen LogP contribution in [-0.2, 0) is 19.9 Å². The van der Waals surface area contributed by atoms with E-state index in [9.17, 15) is 4.79 Å². The number of pyridine rings is 1. The zero-order valence-electron chi connectivity index (χ0n) is 14.3. The second kappa shape index (κ2) is 7.69. The Morgan fingerprint density at radius 3 is 2.96 bits per heavy atom. The van der Waals surface area contributed by atoms with Crippen LogP contribution in [0, 0.1) is 0 Å².